The molecule has 0 bridgehead atoms. The van der Waals surface area contributed by atoms with Crippen LogP contribution >= 0.6 is 0 Å². The van der Waals surface area contributed by atoms with Gasteiger partial charge in [0.25, 0.3) is 0 Å². The molecule has 0 unspecified atom stereocenters. The third-order valence-corrected chi connectivity index (χ3v) is 4.52. The number of anilines is 2. The maximum absolute atomic E-state index is 5.83. The fourth-order valence-corrected chi connectivity index (χ4v) is 3.40. The Morgan fingerprint density at radius 3 is 2.95 bits per heavy atom. The normalized spacial score (nSPS) is 16.4. The standard InChI is InChI=1S/C19H20N2O/c20-13-15-9-11-22-19-12-16(7-8-17(15)19)21-10-3-5-14-4-1-2-6-18(14)21/h1-2,4,6-9,12H,3,5,10-11,13,20H2. The quantitative estimate of drug-likeness (QED) is 0.920. The molecule has 0 saturated carbocycles. The van der Waals surface area contributed by atoms with Gasteiger partial charge in [-0.1, -0.05) is 18.2 Å². The number of para-hydroxylation sites is 1. The molecule has 0 amide bonds. The molecule has 0 atom stereocenters. The first-order valence-electron chi connectivity index (χ1n) is 7.88. The van der Waals surface area contributed by atoms with Crippen molar-refractivity contribution in [2.24, 2.45) is 5.73 Å². The van der Waals surface area contributed by atoms with Gasteiger partial charge in [-0.15, -0.1) is 0 Å². The van der Waals surface area contributed by atoms with Gasteiger partial charge in [0.1, 0.15) is 12.4 Å². The van der Waals surface area contributed by atoms with Gasteiger partial charge in [-0.25, -0.2) is 0 Å². The van der Waals surface area contributed by atoms with E-state index in [1.165, 1.54) is 28.9 Å². The second-order valence-corrected chi connectivity index (χ2v) is 5.81. The van der Waals surface area contributed by atoms with Crippen LogP contribution in [-0.4, -0.2) is 19.7 Å². The Hall–Kier alpha value is -2.26. The first-order chi connectivity index (χ1) is 10.9. The molecule has 2 heterocycles. The number of rotatable bonds is 2. The first kappa shape index (κ1) is 13.4. The Bertz CT molecular complexity index is 736. The number of benzene rings is 2. The van der Waals surface area contributed by atoms with Crippen molar-refractivity contribution in [1.82, 2.24) is 0 Å². The van der Waals surface area contributed by atoms with Crippen LogP contribution in [0, 0.1) is 0 Å². The molecule has 2 aliphatic rings. The summed E-state index contributed by atoms with van der Waals surface area (Å²) in [6, 6.07) is 15.1. The molecule has 0 aliphatic carbocycles. The smallest absolute Gasteiger partial charge is 0.129 e. The summed E-state index contributed by atoms with van der Waals surface area (Å²) in [5, 5.41) is 0. The van der Waals surface area contributed by atoms with E-state index in [1.807, 2.05) is 0 Å². The van der Waals surface area contributed by atoms with Crippen molar-refractivity contribution in [3.05, 3.63) is 59.7 Å². The van der Waals surface area contributed by atoms with Crippen LogP contribution in [0.2, 0.25) is 0 Å². The predicted molar refractivity (Wildman–Crippen MR) is 90.7 cm³/mol. The van der Waals surface area contributed by atoms with Crippen molar-refractivity contribution in [1.29, 1.82) is 0 Å². The van der Waals surface area contributed by atoms with Crippen molar-refractivity contribution in [3.63, 3.8) is 0 Å². The van der Waals surface area contributed by atoms with Crippen LogP contribution < -0.4 is 15.4 Å². The zero-order valence-electron chi connectivity index (χ0n) is 12.6. The molecule has 0 radical (unpaired) electrons. The predicted octanol–water partition coefficient (Wildman–Crippen LogP) is 3.51. The van der Waals surface area contributed by atoms with Crippen molar-refractivity contribution in [2.75, 3.05) is 24.6 Å². The van der Waals surface area contributed by atoms with E-state index in [2.05, 4.69) is 53.4 Å². The second kappa shape index (κ2) is 5.50. The highest BCUT2D eigenvalue weighted by Crippen LogP contribution is 2.38. The Balaban J connectivity index is 1.75. The minimum absolute atomic E-state index is 0.558. The van der Waals surface area contributed by atoms with Crippen LogP contribution in [0.15, 0.2) is 48.5 Å². The molecule has 2 aliphatic heterocycles. The summed E-state index contributed by atoms with van der Waals surface area (Å²) in [7, 11) is 0. The Morgan fingerprint density at radius 2 is 2.05 bits per heavy atom. The lowest BCUT2D eigenvalue weighted by Gasteiger charge is -2.32. The highest BCUT2D eigenvalue weighted by molar-refractivity contribution is 5.77. The molecule has 2 aromatic carbocycles. The zero-order chi connectivity index (χ0) is 14.9. The Labute approximate surface area is 131 Å². The van der Waals surface area contributed by atoms with Gasteiger partial charge >= 0.3 is 0 Å². The molecule has 0 spiro atoms. The third kappa shape index (κ3) is 2.18. The minimum atomic E-state index is 0.558. The molecule has 2 aromatic rings. The number of aryl methyl sites for hydroxylation is 1. The summed E-state index contributed by atoms with van der Waals surface area (Å²) in [4.78, 5) is 2.39. The average Bonchev–Trinajstić information content (AvgIpc) is 2.60. The monoisotopic (exact) mass is 292 g/mol. The van der Waals surface area contributed by atoms with Gasteiger partial charge < -0.3 is 15.4 Å². The third-order valence-electron chi connectivity index (χ3n) is 4.52. The van der Waals surface area contributed by atoms with Crippen LogP contribution in [-0.2, 0) is 6.42 Å². The van der Waals surface area contributed by atoms with E-state index in [0.717, 1.165) is 24.3 Å². The maximum atomic E-state index is 5.83. The lowest BCUT2D eigenvalue weighted by atomic mass is 9.99. The van der Waals surface area contributed by atoms with Gasteiger partial charge in [-0.3, -0.25) is 0 Å². The van der Waals surface area contributed by atoms with Crippen LogP contribution in [0.5, 0.6) is 5.75 Å². The molecular weight excluding hydrogens is 272 g/mol. The largest absolute Gasteiger partial charge is 0.489 e. The Kier molecular flexibility index (Phi) is 3.35. The second-order valence-electron chi connectivity index (χ2n) is 5.81. The fraction of sp³-hybridized carbons (Fsp3) is 0.263. The Morgan fingerprint density at radius 1 is 1.14 bits per heavy atom. The molecule has 0 fully saturated rings. The summed E-state index contributed by atoms with van der Waals surface area (Å²) < 4.78 is 5.82. The molecule has 3 nitrogen and oxygen atoms in total. The van der Waals surface area contributed by atoms with Crippen molar-refractivity contribution in [3.8, 4) is 5.75 Å². The summed E-state index contributed by atoms with van der Waals surface area (Å²) in [5.74, 6) is 0.948. The molecular formula is C19H20N2O. The van der Waals surface area contributed by atoms with E-state index < -0.39 is 0 Å². The molecule has 22 heavy (non-hydrogen) atoms. The van der Waals surface area contributed by atoms with E-state index in [0.29, 0.717) is 13.2 Å². The molecule has 0 aromatic heterocycles. The zero-order valence-corrected chi connectivity index (χ0v) is 12.6. The SMILES string of the molecule is NCC1=CCOc2cc(N3CCCc4ccccc43)ccc21. The van der Waals surface area contributed by atoms with Crippen molar-refractivity contribution in [2.45, 2.75) is 12.8 Å². The number of nitrogens with two attached hydrogens (primary N) is 1. The van der Waals surface area contributed by atoms with Crippen molar-refractivity contribution < 1.29 is 4.74 Å². The van der Waals surface area contributed by atoms with Gasteiger partial charge in [0.15, 0.2) is 0 Å². The van der Waals surface area contributed by atoms with Gasteiger partial charge in [0, 0.05) is 36.1 Å². The maximum Gasteiger partial charge on any atom is 0.129 e. The summed E-state index contributed by atoms with van der Waals surface area (Å²) >= 11 is 0. The van der Waals surface area contributed by atoms with Crippen molar-refractivity contribution >= 4 is 16.9 Å². The topological polar surface area (TPSA) is 38.5 Å². The van der Waals surface area contributed by atoms with Crippen LogP contribution in [0.1, 0.15) is 17.5 Å². The number of nitrogens with zero attached hydrogens (tertiary/aromatic N) is 1. The number of hydrogen-bond donors (Lipinski definition) is 1. The molecule has 4 rings (SSSR count). The number of ether oxygens (including phenoxy) is 1. The highest BCUT2D eigenvalue weighted by Gasteiger charge is 2.20. The lowest BCUT2D eigenvalue weighted by molar-refractivity contribution is 0.357. The van der Waals surface area contributed by atoms with Gasteiger partial charge in [0.05, 0.1) is 0 Å². The molecule has 112 valence electrons. The summed E-state index contributed by atoms with van der Waals surface area (Å²) in [6.07, 6.45) is 4.41. The summed E-state index contributed by atoms with van der Waals surface area (Å²) in [6.45, 7) is 2.22. The molecule has 2 N–H and O–H groups in total. The van der Waals surface area contributed by atoms with E-state index in [4.69, 9.17) is 10.5 Å². The minimum Gasteiger partial charge on any atom is -0.489 e. The molecule has 3 heteroatoms. The van der Waals surface area contributed by atoms with Crippen LogP contribution in [0.25, 0.3) is 5.57 Å². The van der Waals surface area contributed by atoms with E-state index in [9.17, 15) is 0 Å². The van der Waals surface area contributed by atoms with Gasteiger partial charge in [0.2, 0.25) is 0 Å². The number of fused-ring (bicyclic) bond motifs is 2. The van der Waals surface area contributed by atoms with Gasteiger partial charge in [-0.05, 0) is 48.3 Å². The first-order valence-corrected chi connectivity index (χ1v) is 7.88. The van der Waals surface area contributed by atoms with E-state index in [1.54, 1.807) is 0 Å². The fourth-order valence-electron chi connectivity index (χ4n) is 3.40. The van der Waals surface area contributed by atoms with Crippen LogP contribution in [0.3, 0.4) is 0 Å². The highest BCUT2D eigenvalue weighted by atomic mass is 16.5. The lowest BCUT2D eigenvalue weighted by Crippen LogP contribution is -2.24. The average molecular weight is 292 g/mol. The van der Waals surface area contributed by atoms with E-state index >= 15 is 0 Å². The van der Waals surface area contributed by atoms with E-state index in [-0.39, 0.29) is 0 Å². The molecule has 0 saturated heterocycles. The number of hydrogen-bond acceptors (Lipinski definition) is 3. The van der Waals surface area contributed by atoms with Gasteiger partial charge in [-0.2, -0.15) is 0 Å². The summed E-state index contributed by atoms with van der Waals surface area (Å²) in [5.41, 5.74) is 12.1. The van der Waals surface area contributed by atoms with Crippen LogP contribution in [0.4, 0.5) is 11.4 Å².